The van der Waals surface area contributed by atoms with Crippen molar-refractivity contribution in [2.45, 2.75) is 37.1 Å². The molecule has 0 radical (unpaired) electrons. The number of rotatable bonds is 3. The highest BCUT2D eigenvalue weighted by molar-refractivity contribution is 6.48. The van der Waals surface area contributed by atoms with E-state index >= 15 is 0 Å². The number of hydrogen-bond donors (Lipinski definition) is 1. The van der Waals surface area contributed by atoms with Crippen LogP contribution in [0.2, 0.25) is 0 Å². The number of aliphatic hydroxyl groups is 1. The molecule has 0 fully saturated rings. The molecule has 1 nitrogen and oxygen atoms in total. The molecule has 0 aromatic carbocycles. The van der Waals surface area contributed by atoms with Crippen molar-refractivity contribution in [2.24, 2.45) is 0 Å². The van der Waals surface area contributed by atoms with Gasteiger partial charge in [0, 0.05) is 0 Å². The molecule has 1 N–H and O–H groups in total. The van der Waals surface area contributed by atoms with Crippen molar-refractivity contribution in [3.05, 3.63) is 0 Å². The van der Waals surface area contributed by atoms with E-state index in [4.69, 9.17) is 28.3 Å². The molecule has 0 spiro atoms. The van der Waals surface area contributed by atoms with Gasteiger partial charge in [-0.05, 0) is 12.8 Å². The standard InChI is InChI=1S/C6H12Cl2O/c1-3-5(9)6(7,8)4-2/h5,9H,3-4H2,1-2H3. The van der Waals surface area contributed by atoms with Crippen molar-refractivity contribution in [2.75, 3.05) is 0 Å². The van der Waals surface area contributed by atoms with Crippen LogP contribution in [-0.4, -0.2) is 15.5 Å². The molecular weight excluding hydrogens is 159 g/mol. The van der Waals surface area contributed by atoms with E-state index in [1.54, 1.807) is 0 Å². The largest absolute Gasteiger partial charge is 0.390 e. The summed E-state index contributed by atoms with van der Waals surface area (Å²) < 4.78 is -0.950. The predicted molar refractivity (Wildman–Crippen MR) is 41.0 cm³/mol. The second-order valence-electron chi connectivity index (χ2n) is 2.04. The summed E-state index contributed by atoms with van der Waals surface area (Å²) in [6.45, 7) is 3.69. The molecule has 0 aliphatic rings. The van der Waals surface area contributed by atoms with Gasteiger partial charge in [-0.3, -0.25) is 0 Å². The van der Waals surface area contributed by atoms with E-state index in [9.17, 15) is 0 Å². The lowest BCUT2D eigenvalue weighted by atomic mass is 10.1. The molecule has 0 saturated heterocycles. The zero-order valence-electron chi connectivity index (χ0n) is 5.69. The fourth-order valence-electron chi connectivity index (χ4n) is 0.534. The summed E-state index contributed by atoms with van der Waals surface area (Å²) in [6, 6.07) is 0. The van der Waals surface area contributed by atoms with Crippen molar-refractivity contribution in [3.63, 3.8) is 0 Å². The van der Waals surface area contributed by atoms with Crippen LogP contribution in [0.25, 0.3) is 0 Å². The maximum absolute atomic E-state index is 9.12. The van der Waals surface area contributed by atoms with E-state index in [1.165, 1.54) is 0 Å². The lowest BCUT2D eigenvalue weighted by molar-refractivity contribution is 0.149. The molecular formula is C6H12Cl2O. The highest BCUT2D eigenvalue weighted by Crippen LogP contribution is 2.30. The summed E-state index contributed by atoms with van der Waals surface area (Å²) in [5, 5.41) is 9.12. The smallest absolute Gasteiger partial charge is 0.143 e. The summed E-state index contributed by atoms with van der Waals surface area (Å²) in [5.74, 6) is 0. The Morgan fingerprint density at radius 2 is 1.89 bits per heavy atom. The first kappa shape index (κ1) is 9.54. The van der Waals surface area contributed by atoms with E-state index in [0.29, 0.717) is 12.8 Å². The Bertz CT molecular complexity index is 83.1. The van der Waals surface area contributed by atoms with E-state index < -0.39 is 10.4 Å². The van der Waals surface area contributed by atoms with Gasteiger partial charge in [0.1, 0.15) is 4.33 Å². The molecule has 0 aliphatic heterocycles. The molecule has 1 unspecified atom stereocenters. The number of hydrogen-bond acceptors (Lipinski definition) is 1. The SMILES string of the molecule is CCC(O)C(Cl)(Cl)CC. The van der Waals surface area contributed by atoms with Crippen LogP contribution in [0, 0.1) is 0 Å². The van der Waals surface area contributed by atoms with E-state index in [0.717, 1.165) is 0 Å². The maximum atomic E-state index is 9.12. The lowest BCUT2D eigenvalue weighted by Crippen LogP contribution is -2.29. The van der Waals surface area contributed by atoms with Gasteiger partial charge in [-0.1, -0.05) is 37.0 Å². The third-order valence-corrected chi connectivity index (χ3v) is 2.38. The third kappa shape index (κ3) is 2.74. The Kier molecular flexibility index (Phi) is 3.86. The van der Waals surface area contributed by atoms with Gasteiger partial charge < -0.3 is 5.11 Å². The molecule has 0 saturated carbocycles. The maximum Gasteiger partial charge on any atom is 0.143 e. The molecule has 0 heterocycles. The van der Waals surface area contributed by atoms with Gasteiger partial charge in [0.15, 0.2) is 0 Å². The zero-order chi connectivity index (χ0) is 7.49. The summed E-state index contributed by atoms with van der Waals surface area (Å²) in [4.78, 5) is 0. The molecule has 0 bridgehead atoms. The molecule has 0 rings (SSSR count). The van der Waals surface area contributed by atoms with Gasteiger partial charge in [-0.15, -0.1) is 0 Å². The molecule has 0 aromatic rings. The van der Waals surface area contributed by atoms with Gasteiger partial charge in [0.2, 0.25) is 0 Å². The predicted octanol–water partition coefficient (Wildman–Crippen LogP) is 2.34. The average molecular weight is 171 g/mol. The Balaban J connectivity index is 3.80. The highest BCUT2D eigenvalue weighted by Gasteiger charge is 2.29. The zero-order valence-corrected chi connectivity index (χ0v) is 7.21. The normalized spacial score (nSPS) is 15.7. The van der Waals surface area contributed by atoms with Crippen LogP contribution in [0.15, 0.2) is 0 Å². The number of alkyl halides is 2. The monoisotopic (exact) mass is 170 g/mol. The second-order valence-corrected chi connectivity index (χ2v) is 3.58. The van der Waals surface area contributed by atoms with Crippen LogP contribution in [0.4, 0.5) is 0 Å². The van der Waals surface area contributed by atoms with E-state index in [-0.39, 0.29) is 0 Å². The number of aliphatic hydroxyl groups excluding tert-OH is 1. The van der Waals surface area contributed by atoms with Crippen molar-refractivity contribution in [1.29, 1.82) is 0 Å². The van der Waals surface area contributed by atoms with Crippen molar-refractivity contribution < 1.29 is 5.11 Å². The summed E-state index contributed by atoms with van der Waals surface area (Å²) in [7, 11) is 0. The van der Waals surface area contributed by atoms with Crippen LogP contribution < -0.4 is 0 Å². The van der Waals surface area contributed by atoms with Gasteiger partial charge >= 0.3 is 0 Å². The first-order valence-corrected chi connectivity index (χ1v) is 3.86. The molecule has 0 amide bonds. The minimum atomic E-state index is -0.950. The molecule has 3 heteroatoms. The van der Waals surface area contributed by atoms with Crippen LogP contribution in [0.5, 0.6) is 0 Å². The molecule has 1 atom stereocenters. The number of halogens is 2. The minimum Gasteiger partial charge on any atom is -0.390 e. The van der Waals surface area contributed by atoms with Crippen molar-refractivity contribution in [1.82, 2.24) is 0 Å². The van der Waals surface area contributed by atoms with Gasteiger partial charge in [0.25, 0.3) is 0 Å². The summed E-state index contributed by atoms with van der Waals surface area (Å²) >= 11 is 11.4. The minimum absolute atomic E-state index is 0.575. The quantitative estimate of drug-likeness (QED) is 0.646. The van der Waals surface area contributed by atoms with Crippen LogP contribution in [0.3, 0.4) is 0 Å². The summed E-state index contributed by atoms with van der Waals surface area (Å²) in [6.07, 6.45) is 0.567. The Morgan fingerprint density at radius 3 is 2.00 bits per heavy atom. The Hall–Kier alpha value is 0.540. The molecule has 9 heavy (non-hydrogen) atoms. The first-order chi connectivity index (χ1) is 4.04. The van der Waals surface area contributed by atoms with E-state index in [2.05, 4.69) is 0 Å². The van der Waals surface area contributed by atoms with Crippen molar-refractivity contribution >= 4 is 23.2 Å². The van der Waals surface area contributed by atoms with Gasteiger partial charge in [-0.2, -0.15) is 0 Å². The molecule has 0 aliphatic carbocycles. The average Bonchev–Trinajstić information content (AvgIpc) is 1.86. The first-order valence-electron chi connectivity index (χ1n) is 3.10. The second kappa shape index (κ2) is 3.65. The molecule has 56 valence electrons. The van der Waals surface area contributed by atoms with Crippen molar-refractivity contribution in [3.8, 4) is 0 Å². The summed E-state index contributed by atoms with van der Waals surface area (Å²) in [5.41, 5.74) is 0. The fourth-order valence-corrected chi connectivity index (χ4v) is 0.843. The molecule has 0 aromatic heterocycles. The van der Waals surface area contributed by atoms with Crippen LogP contribution in [0.1, 0.15) is 26.7 Å². The van der Waals surface area contributed by atoms with Crippen LogP contribution >= 0.6 is 23.2 Å². The topological polar surface area (TPSA) is 20.2 Å². The lowest BCUT2D eigenvalue weighted by Gasteiger charge is -2.22. The Labute approximate surface area is 66.0 Å². The van der Waals surface area contributed by atoms with Gasteiger partial charge in [0.05, 0.1) is 6.10 Å². The third-order valence-electron chi connectivity index (χ3n) is 1.35. The van der Waals surface area contributed by atoms with E-state index in [1.807, 2.05) is 13.8 Å². The Morgan fingerprint density at radius 1 is 1.44 bits per heavy atom. The fraction of sp³-hybridized carbons (Fsp3) is 1.00. The van der Waals surface area contributed by atoms with Gasteiger partial charge in [-0.25, -0.2) is 0 Å². The van der Waals surface area contributed by atoms with Crippen LogP contribution in [-0.2, 0) is 0 Å². The highest BCUT2D eigenvalue weighted by atomic mass is 35.5.